The second-order valence-electron chi connectivity index (χ2n) is 4.13. The number of nitrogens with zero attached hydrogens (tertiary/aromatic N) is 1. The van der Waals surface area contributed by atoms with Crippen molar-refractivity contribution in [1.82, 2.24) is 5.32 Å². The van der Waals surface area contributed by atoms with Gasteiger partial charge in [0.25, 0.3) is 5.91 Å². The molecule has 16 heavy (non-hydrogen) atoms. The normalized spacial score (nSPS) is 13.4. The van der Waals surface area contributed by atoms with Crippen molar-refractivity contribution in [1.29, 1.82) is 0 Å². The van der Waals surface area contributed by atoms with Crippen LogP contribution < -0.4 is 5.32 Å². The lowest BCUT2D eigenvalue weighted by Crippen LogP contribution is -2.11. The van der Waals surface area contributed by atoms with Crippen LogP contribution in [0.2, 0.25) is 0 Å². The van der Waals surface area contributed by atoms with Gasteiger partial charge in [0, 0.05) is 11.6 Å². The van der Waals surface area contributed by atoms with Gasteiger partial charge in [-0.15, -0.1) is 0 Å². The topological polar surface area (TPSA) is 31.2 Å². The zero-order valence-corrected chi connectivity index (χ0v) is 9.57. The van der Waals surface area contributed by atoms with Crippen molar-refractivity contribution in [3.8, 4) is 0 Å². The Morgan fingerprint density at radius 3 is 2.88 bits per heavy atom. The lowest BCUT2D eigenvalue weighted by atomic mass is 10.0. The minimum atomic E-state index is -0.161. The molecule has 2 rings (SSSR count). The second-order valence-corrected chi connectivity index (χ2v) is 4.13. The minimum Gasteiger partial charge on any atom is -0.267 e. The van der Waals surface area contributed by atoms with E-state index in [9.17, 15) is 4.79 Å². The molecule has 0 aromatic heterocycles. The van der Waals surface area contributed by atoms with Gasteiger partial charge >= 0.3 is 0 Å². The summed E-state index contributed by atoms with van der Waals surface area (Å²) in [5.74, 6) is -0.161. The molecule has 0 atom stereocenters. The van der Waals surface area contributed by atoms with Crippen LogP contribution in [0.3, 0.4) is 0 Å². The molecule has 1 amide bonds. The van der Waals surface area contributed by atoms with Gasteiger partial charge in [-0.25, -0.2) is 5.32 Å². The quantitative estimate of drug-likeness (QED) is 0.708. The van der Waals surface area contributed by atoms with E-state index in [0.717, 1.165) is 17.7 Å². The number of carbonyl (C=O) groups is 1. The number of aryl methyl sites for hydroxylation is 1. The molecule has 2 heteroatoms. The Morgan fingerprint density at radius 2 is 2.06 bits per heavy atom. The van der Waals surface area contributed by atoms with Gasteiger partial charge in [0.1, 0.15) is 0 Å². The van der Waals surface area contributed by atoms with E-state index in [1.165, 1.54) is 30.9 Å². The lowest BCUT2D eigenvalue weighted by molar-refractivity contribution is -0.115. The standard InChI is InChI=1S/C14H16NO/c1-2-3-4-5-11-6-8-13-12(10-11)7-9-14(16)15-13/h6-10H,2-5H2,1H3. The van der Waals surface area contributed by atoms with E-state index in [1.807, 2.05) is 12.1 Å². The molecule has 0 saturated heterocycles. The zero-order chi connectivity index (χ0) is 11.4. The SMILES string of the molecule is CCCCCc1ccc2c(c1)C=CC(=O)[N]2. The lowest BCUT2D eigenvalue weighted by Gasteiger charge is -2.10. The molecule has 0 fully saturated rings. The van der Waals surface area contributed by atoms with Gasteiger partial charge in [-0.2, -0.15) is 0 Å². The number of hydrogen-bond donors (Lipinski definition) is 0. The Labute approximate surface area is 96.4 Å². The molecular weight excluding hydrogens is 198 g/mol. The van der Waals surface area contributed by atoms with Gasteiger partial charge in [0.2, 0.25) is 0 Å². The maximum atomic E-state index is 11.1. The van der Waals surface area contributed by atoms with Gasteiger partial charge in [0.15, 0.2) is 0 Å². The highest BCUT2D eigenvalue weighted by Crippen LogP contribution is 2.23. The average Bonchev–Trinajstić information content (AvgIpc) is 2.29. The summed E-state index contributed by atoms with van der Waals surface area (Å²) in [6.45, 7) is 2.21. The molecule has 83 valence electrons. The van der Waals surface area contributed by atoms with Crippen LogP contribution in [0, 0.1) is 0 Å². The Balaban J connectivity index is 2.09. The maximum absolute atomic E-state index is 11.1. The fourth-order valence-electron chi connectivity index (χ4n) is 1.89. The molecular formula is C14H16NO. The number of rotatable bonds is 4. The Kier molecular flexibility index (Phi) is 3.40. The first-order valence-electron chi connectivity index (χ1n) is 5.86. The average molecular weight is 214 g/mol. The molecule has 0 aliphatic carbocycles. The molecule has 1 aliphatic rings. The Bertz CT molecular complexity index is 421. The number of unbranched alkanes of at least 4 members (excludes halogenated alkanes) is 2. The largest absolute Gasteiger partial charge is 0.270 e. The Hall–Kier alpha value is -1.57. The van der Waals surface area contributed by atoms with Crippen LogP contribution in [0.4, 0.5) is 5.69 Å². The predicted octanol–water partition coefficient (Wildman–Crippen LogP) is 3.21. The molecule has 0 spiro atoms. The van der Waals surface area contributed by atoms with Crippen molar-refractivity contribution >= 4 is 17.7 Å². The van der Waals surface area contributed by atoms with E-state index in [4.69, 9.17) is 0 Å². The molecule has 1 aromatic rings. The number of benzene rings is 1. The van der Waals surface area contributed by atoms with E-state index in [-0.39, 0.29) is 5.91 Å². The van der Waals surface area contributed by atoms with Crippen molar-refractivity contribution in [2.45, 2.75) is 32.6 Å². The number of hydrogen-bond acceptors (Lipinski definition) is 1. The van der Waals surface area contributed by atoms with E-state index < -0.39 is 0 Å². The maximum Gasteiger partial charge on any atom is 0.270 e. The smallest absolute Gasteiger partial charge is 0.267 e. The summed E-state index contributed by atoms with van der Waals surface area (Å²) in [4.78, 5) is 11.1. The van der Waals surface area contributed by atoms with Crippen LogP contribution in [0.5, 0.6) is 0 Å². The molecule has 1 aromatic carbocycles. The summed E-state index contributed by atoms with van der Waals surface area (Å²) < 4.78 is 0. The molecule has 1 aliphatic heterocycles. The number of fused-ring (bicyclic) bond motifs is 1. The molecule has 1 radical (unpaired) electrons. The summed E-state index contributed by atoms with van der Waals surface area (Å²) in [7, 11) is 0. The molecule has 0 bridgehead atoms. The van der Waals surface area contributed by atoms with Crippen LogP contribution in [0.25, 0.3) is 6.08 Å². The number of carbonyl (C=O) groups excluding carboxylic acids is 1. The highest BCUT2D eigenvalue weighted by molar-refractivity contribution is 5.99. The van der Waals surface area contributed by atoms with Gasteiger partial charge in [0.05, 0.1) is 5.69 Å². The van der Waals surface area contributed by atoms with Crippen molar-refractivity contribution in [2.24, 2.45) is 0 Å². The van der Waals surface area contributed by atoms with Gasteiger partial charge in [-0.3, -0.25) is 4.79 Å². The van der Waals surface area contributed by atoms with E-state index in [2.05, 4.69) is 24.4 Å². The van der Waals surface area contributed by atoms with E-state index in [1.54, 1.807) is 0 Å². The summed E-state index contributed by atoms with van der Waals surface area (Å²) in [5.41, 5.74) is 3.20. The first kappa shape index (κ1) is 10.9. The van der Waals surface area contributed by atoms with Crippen LogP contribution >= 0.6 is 0 Å². The monoisotopic (exact) mass is 214 g/mol. The molecule has 0 unspecified atom stereocenters. The third-order valence-electron chi connectivity index (χ3n) is 2.80. The fourth-order valence-corrected chi connectivity index (χ4v) is 1.89. The minimum absolute atomic E-state index is 0.161. The first-order valence-corrected chi connectivity index (χ1v) is 5.86. The van der Waals surface area contributed by atoms with Crippen molar-refractivity contribution < 1.29 is 4.79 Å². The Morgan fingerprint density at radius 1 is 1.19 bits per heavy atom. The van der Waals surface area contributed by atoms with Crippen molar-refractivity contribution in [3.63, 3.8) is 0 Å². The van der Waals surface area contributed by atoms with Crippen LogP contribution in [-0.2, 0) is 11.2 Å². The van der Waals surface area contributed by atoms with Crippen LogP contribution in [0.1, 0.15) is 37.3 Å². The summed E-state index contributed by atoms with van der Waals surface area (Å²) in [6, 6.07) is 6.15. The fraction of sp³-hybridized carbons (Fsp3) is 0.357. The molecule has 1 heterocycles. The van der Waals surface area contributed by atoms with Gasteiger partial charge < -0.3 is 0 Å². The van der Waals surface area contributed by atoms with E-state index in [0.29, 0.717) is 0 Å². The third-order valence-corrected chi connectivity index (χ3v) is 2.80. The van der Waals surface area contributed by atoms with Gasteiger partial charge in [-0.05, 0) is 36.6 Å². The van der Waals surface area contributed by atoms with Crippen LogP contribution in [0.15, 0.2) is 24.3 Å². The third kappa shape index (κ3) is 2.51. The molecule has 0 N–H and O–H groups in total. The van der Waals surface area contributed by atoms with Crippen molar-refractivity contribution in [2.75, 3.05) is 0 Å². The van der Waals surface area contributed by atoms with Crippen molar-refractivity contribution in [3.05, 3.63) is 35.4 Å². The predicted molar refractivity (Wildman–Crippen MR) is 65.5 cm³/mol. The van der Waals surface area contributed by atoms with E-state index >= 15 is 0 Å². The molecule has 2 nitrogen and oxygen atoms in total. The van der Waals surface area contributed by atoms with Crippen LogP contribution in [-0.4, -0.2) is 5.91 Å². The summed E-state index contributed by atoms with van der Waals surface area (Å²) in [5, 5.41) is 3.96. The highest BCUT2D eigenvalue weighted by atomic mass is 16.1. The molecule has 0 saturated carbocycles. The second kappa shape index (κ2) is 4.97. The number of amides is 1. The first-order chi connectivity index (χ1) is 7.79. The zero-order valence-electron chi connectivity index (χ0n) is 9.57. The summed E-state index contributed by atoms with van der Waals surface area (Å²) in [6.07, 6.45) is 8.24. The highest BCUT2D eigenvalue weighted by Gasteiger charge is 2.10. The summed E-state index contributed by atoms with van der Waals surface area (Å²) >= 11 is 0. The van der Waals surface area contributed by atoms with Gasteiger partial charge in [-0.1, -0.05) is 25.8 Å².